The summed E-state index contributed by atoms with van der Waals surface area (Å²) in [6.07, 6.45) is 2.67. The quantitative estimate of drug-likeness (QED) is 0.712. The van der Waals surface area contributed by atoms with E-state index < -0.39 is 0 Å². The van der Waals surface area contributed by atoms with Gasteiger partial charge in [0.2, 0.25) is 11.8 Å². The summed E-state index contributed by atoms with van der Waals surface area (Å²) < 4.78 is 5.81. The number of nitrogens with zero attached hydrogens (tertiary/aromatic N) is 3. The van der Waals surface area contributed by atoms with E-state index in [0.29, 0.717) is 46.6 Å². The lowest BCUT2D eigenvalue weighted by molar-refractivity contribution is 0.0994. The Labute approximate surface area is 160 Å². The van der Waals surface area contributed by atoms with Crippen LogP contribution in [0.3, 0.4) is 0 Å². The van der Waals surface area contributed by atoms with Gasteiger partial charge >= 0.3 is 0 Å². The molecule has 132 valence electrons. The highest BCUT2D eigenvalue weighted by Gasteiger charge is 2.24. The third-order valence-electron chi connectivity index (χ3n) is 4.22. The lowest BCUT2D eigenvalue weighted by Gasteiger charge is -2.11. The van der Waals surface area contributed by atoms with Crippen molar-refractivity contribution in [3.8, 4) is 17.7 Å². The molecule has 4 rings (SSSR count). The molecule has 0 saturated heterocycles. The average molecular weight is 377 g/mol. The molecule has 1 N–H and O–H groups in total. The molecule has 6 nitrogen and oxygen atoms in total. The van der Waals surface area contributed by atoms with Crippen molar-refractivity contribution in [2.45, 2.75) is 12.8 Å². The summed E-state index contributed by atoms with van der Waals surface area (Å²) in [6, 6.07) is 14.1. The van der Waals surface area contributed by atoms with Crippen molar-refractivity contribution in [2.75, 3.05) is 5.32 Å². The minimum atomic E-state index is 0.106. The van der Waals surface area contributed by atoms with Gasteiger partial charge in [0.05, 0.1) is 16.7 Å². The van der Waals surface area contributed by atoms with Gasteiger partial charge in [0.1, 0.15) is 5.75 Å². The number of carbonyl (C=O) groups is 1. The van der Waals surface area contributed by atoms with Crippen LogP contribution in [0.5, 0.6) is 11.6 Å². The number of benzene rings is 2. The van der Waals surface area contributed by atoms with Gasteiger partial charge in [0, 0.05) is 29.9 Å². The van der Waals surface area contributed by atoms with Crippen LogP contribution in [-0.2, 0) is 6.42 Å². The topological polar surface area (TPSA) is 87.9 Å². The van der Waals surface area contributed by atoms with E-state index in [1.54, 1.807) is 48.7 Å². The number of ether oxygens (including phenoxy) is 1. The molecule has 0 saturated carbocycles. The molecule has 1 aromatic heterocycles. The molecular weight excluding hydrogens is 364 g/mol. The second kappa shape index (κ2) is 7.06. The Bertz CT molecular complexity index is 1070. The minimum absolute atomic E-state index is 0.106. The molecule has 1 aliphatic rings. The van der Waals surface area contributed by atoms with Crippen molar-refractivity contribution < 1.29 is 9.53 Å². The van der Waals surface area contributed by atoms with Gasteiger partial charge in [-0.05, 0) is 48.4 Å². The second-order valence-corrected chi connectivity index (χ2v) is 6.34. The molecule has 0 fully saturated rings. The number of carbonyl (C=O) groups excluding carboxylic acids is 1. The first-order chi connectivity index (χ1) is 13.1. The molecule has 3 aromatic rings. The van der Waals surface area contributed by atoms with Gasteiger partial charge in [-0.1, -0.05) is 11.6 Å². The maximum absolute atomic E-state index is 11.8. The van der Waals surface area contributed by atoms with Crippen LogP contribution in [0.15, 0.2) is 48.7 Å². The van der Waals surface area contributed by atoms with E-state index in [1.165, 1.54) is 0 Å². The summed E-state index contributed by atoms with van der Waals surface area (Å²) in [6.45, 7) is 0. The largest absolute Gasteiger partial charge is 0.437 e. The van der Waals surface area contributed by atoms with E-state index in [2.05, 4.69) is 21.4 Å². The van der Waals surface area contributed by atoms with Crippen LogP contribution in [0.1, 0.15) is 27.9 Å². The Morgan fingerprint density at radius 2 is 1.93 bits per heavy atom. The van der Waals surface area contributed by atoms with Crippen LogP contribution in [0.2, 0.25) is 5.02 Å². The van der Waals surface area contributed by atoms with Crippen molar-refractivity contribution in [1.82, 2.24) is 9.97 Å². The molecule has 7 heteroatoms. The normalized spacial score (nSPS) is 12.4. The van der Waals surface area contributed by atoms with Gasteiger partial charge in [-0.2, -0.15) is 10.2 Å². The average Bonchev–Trinajstić information content (AvgIpc) is 3.07. The predicted molar refractivity (Wildman–Crippen MR) is 101 cm³/mol. The summed E-state index contributed by atoms with van der Waals surface area (Å²) in [5.74, 6) is 1.24. The monoisotopic (exact) mass is 376 g/mol. The van der Waals surface area contributed by atoms with Crippen LogP contribution in [0.4, 0.5) is 11.6 Å². The summed E-state index contributed by atoms with van der Waals surface area (Å²) in [4.78, 5) is 20.3. The number of rotatable bonds is 4. The van der Waals surface area contributed by atoms with Crippen LogP contribution in [0, 0.1) is 11.3 Å². The maximum Gasteiger partial charge on any atom is 0.230 e. The van der Waals surface area contributed by atoms with Crippen molar-refractivity contribution >= 4 is 29.0 Å². The van der Waals surface area contributed by atoms with E-state index in [9.17, 15) is 4.79 Å². The first-order valence-electron chi connectivity index (χ1n) is 8.27. The zero-order valence-corrected chi connectivity index (χ0v) is 14.8. The van der Waals surface area contributed by atoms with Gasteiger partial charge in [-0.15, -0.1) is 0 Å². The Morgan fingerprint density at radius 1 is 1.11 bits per heavy atom. The fourth-order valence-corrected chi connectivity index (χ4v) is 3.18. The van der Waals surface area contributed by atoms with E-state index in [1.807, 2.05) is 0 Å². The standard InChI is InChI=1S/C20H13ClN4O2/c21-19-15-5-7-16(26)14(15)6-8-17(19)27-18-9-10-23-20(25-18)24-13-3-1-12(11-22)2-4-13/h1-4,6,8-10H,5,7H2,(H,23,24,25). The third-order valence-corrected chi connectivity index (χ3v) is 4.64. The molecule has 1 heterocycles. The first-order valence-corrected chi connectivity index (χ1v) is 8.64. The Balaban J connectivity index is 1.55. The maximum atomic E-state index is 11.8. The fourth-order valence-electron chi connectivity index (χ4n) is 2.89. The van der Waals surface area contributed by atoms with Crippen molar-refractivity contribution in [3.05, 3.63) is 70.4 Å². The lowest BCUT2D eigenvalue weighted by Crippen LogP contribution is -1.99. The number of nitrogens with one attached hydrogen (secondary N) is 1. The number of halogens is 1. The first kappa shape index (κ1) is 17.0. The fraction of sp³-hybridized carbons (Fsp3) is 0.100. The number of Topliss-reactive ketones (excluding diaryl/α,β-unsaturated/α-hetero) is 1. The van der Waals surface area contributed by atoms with Gasteiger partial charge < -0.3 is 10.1 Å². The molecule has 27 heavy (non-hydrogen) atoms. The molecule has 1 aliphatic carbocycles. The molecule has 0 bridgehead atoms. The number of hydrogen-bond acceptors (Lipinski definition) is 6. The Hall–Kier alpha value is -3.43. The third kappa shape index (κ3) is 3.46. The van der Waals surface area contributed by atoms with E-state index in [0.717, 1.165) is 11.3 Å². The van der Waals surface area contributed by atoms with Crippen LogP contribution < -0.4 is 10.1 Å². The molecule has 0 spiro atoms. The van der Waals surface area contributed by atoms with Gasteiger partial charge in [0.15, 0.2) is 5.78 Å². The van der Waals surface area contributed by atoms with Gasteiger partial charge in [0.25, 0.3) is 0 Å². The SMILES string of the molecule is N#Cc1ccc(Nc2nccc(Oc3ccc4c(c3Cl)CCC4=O)n2)cc1. The summed E-state index contributed by atoms with van der Waals surface area (Å²) in [5.41, 5.74) is 2.81. The predicted octanol–water partition coefficient (Wildman–Crippen LogP) is 4.67. The number of aromatic nitrogens is 2. The molecule has 0 atom stereocenters. The smallest absolute Gasteiger partial charge is 0.230 e. The molecule has 0 unspecified atom stereocenters. The molecule has 0 radical (unpaired) electrons. The van der Waals surface area contributed by atoms with Crippen LogP contribution in [0.25, 0.3) is 0 Å². The van der Waals surface area contributed by atoms with Gasteiger partial charge in [-0.25, -0.2) is 4.98 Å². The summed E-state index contributed by atoms with van der Waals surface area (Å²) in [5, 5.41) is 12.3. The van der Waals surface area contributed by atoms with Crippen molar-refractivity contribution in [2.24, 2.45) is 0 Å². The number of ketones is 1. The van der Waals surface area contributed by atoms with E-state index in [4.69, 9.17) is 21.6 Å². The highest BCUT2D eigenvalue weighted by atomic mass is 35.5. The molecule has 2 aromatic carbocycles. The van der Waals surface area contributed by atoms with E-state index >= 15 is 0 Å². The van der Waals surface area contributed by atoms with Crippen LogP contribution >= 0.6 is 11.6 Å². The number of hydrogen-bond donors (Lipinski definition) is 1. The van der Waals surface area contributed by atoms with Crippen molar-refractivity contribution in [3.63, 3.8) is 0 Å². The van der Waals surface area contributed by atoms with Crippen molar-refractivity contribution in [1.29, 1.82) is 5.26 Å². The molecular formula is C20H13ClN4O2. The molecule has 0 aliphatic heterocycles. The van der Waals surface area contributed by atoms with Gasteiger partial charge in [-0.3, -0.25) is 4.79 Å². The summed E-state index contributed by atoms with van der Waals surface area (Å²) >= 11 is 6.40. The van der Waals surface area contributed by atoms with E-state index in [-0.39, 0.29) is 5.78 Å². The zero-order chi connectivity index (χ0) is 18.8. The number of fused-ring (bicyclic) bond motifs is 1. The summed E-state index contributed by atoms with van der Waals surface area (Å²) in [7, 11) is 0. The zero-order valence-electron chi connectivity index (χ0n) is 14.1. The lowest BCUT2D eigenvalue weighted by atomic mass is 10.1. The highest BCUT2D eigenvalue weighted by molar-refractivity contribution is 6.33. The second-order valence-electron chi connectivity index (χ2n) is 5.96. The molecule has 0 amide bonds. The Kier molecular flexibility index (Phi) is 4.45. The van der Waals surface area contributed by atoms with Crippen LogP contribution in [-0.4, -0.2) is 15.8 Å². The highest BCUT2D eigenvalue weighted by Crippen LogP contribution is 2.37. The number of nitriles is 1. The number of anilines is 2. The Morgan fingerprint density at radius 3 is 2.70 bits per heavy atom. The minimum Gasteiger partial charge on any atom is -0.437 e.